The molecule has 0 saturated carbocycles. The molecule has 0 aromatic heterocycles. The maximum atomic E-state index is 10.6. The van der Waals surface area contributed by atoms with Crippen LogP contribution in [0.3, 0.4) is 0 Å². The van der Waals surface area contributed by atoms with Crippen molar-refractivity contribution < 1.29 is 19.4 Å². The van der Waals surface area contributed by atoms with E-state index in [0.29, 0.717) is 0 Å². The molecule has 0 bridgehead atoms. The van der Waals surface area contributed by atoms with Gasteiger partial charge in [-0.05, 0) is 7.05 Å². The molecule has 0 amide bonds. The van der Waals surface area contributed by atoms with Gasteiger partial charge in [-0.2, -0.15) is 0 Å². The summed E-state index contributed by atoms with van der Waals surface area (Å²) in [6, 6.07) is -1.15. The molecule has 0 fully saturated rings. The van der Waals surface area contributed by atoms with Crippen LogP contribution in [0.15, 0.2) is 0 Å². The molecule has 6 nitrogen and oxygen atoms in total. The molecule has 1 atom stereocenters. The maximum absolute atomic E-state index is 10.6. The molecule has 0 spiro atoms. The van der Waals surface area contributed by atoms with Crippen LogP contribution in [0.4, 0.5) is 0 Å². The maximum Gasteiger partial charge on any atom is 0.324 e. The molecule has 4 N–H and O–H groups in total. The summed E-state index contributed by atoms with van der Waals surface area (Å²) in [5, 5.41) is 10.9. The lowest BCUT2D eigenvalue weighted by Gasteiger charge is -2.06. The van der Waals surface area contributed by atoms with Crippen molar-refractivity contribution in [3.05, 3.63) is 0 Å². The summed E-state index contributed by atoms with van der Waals surface area (Å²) in [4.78, 5) is 20.8. The van der Waals surface area contributed by atoms with Gasteiger partial charge in [0, 0.05) is 0 Å². The van der Waals surface area contributed by atoms with Crippen LogP contribution in [0, 0.1) is 0 Å². The van der Waals surface area contributed by atoms with Crippen molar-refractivity contribution in [2.24, 2.45) is 5.73 Å². The molecule has 0 aliphatic heterocycles. The Labute approximate surface area is 69.7 Å². The molecule has 0 aliphatic rings. The minimum atomic E-state index is -1.19. The van der Waals surface area contributed by atoms with E-state index in [9.17, 15) is 9.59 Å². The second kappa shape index (κ2) is 5.50. The summed E-state index contributed by atoms with van der Waals surface area (Å²) in [7, 11) is 1.58. The topological polar surface area (TPSA) is 102 Å². The predicted octanol–water partition coefficient (Wildman–Crippen LogP) is -1.84. The molecule has 0 heterocycles. The largest absolute Gasteiger partial charge is 0.480 e. The highest BCUT2D eigenvalue weighted by Crippen LogP contribution is 1.82. The quantitative estimate of drug-likeness (QED) is 0.425. The van der Waals surface area contributed by atoms with E-state index in [1.807, 2.05) is 0 Å². The van der Waals surface area contributed by atoms with Gasteiger partial charge in [-0.3, -0.25) is 9.59 Å². The standard InChI is InChI=1S/C6H12N2O4/c1-8-2-5(9)12-3-4(7)6(10)11/h4,8H,2-3,7H2,1H3,(H,10,11)/t4-/m1/s1. The molecular weight excluding hydrogens is 164 g/mol. The number of carboxylic acid groups (broad SMARTS) is 1. The van der Waals surface area contributed by atoms with Gasteiger partial charge in [0.2, 0.25) is 0 Å². The number of carbonyl (C=O) groups is 2. The van der Waals surface area contributed by atoms with E-state index in [-0.39, 0.29) is 13.2 Å². The number of nitrogens with two attached hydrogens (primary N) is 1. The van der Waals surface area contributed by atoms with Crippen molar-refractivity contribution in [3.63, 3.8) is 0 Å². The van der Waals surface area contributed by atoms with Crippen LogP contribution in [-0.2, 0) is 14.3 Å². The van der Waals surface area contributed by atoms with Crippen molar-refractivity contribution in [1.82, 2.24) is 5.32 Å². The van der Waals surface area contributed by atoms with E-state index in [0.717, 1.165) is 0 Å². The Balaban J connectivity index is 3.54. The van der Waals surface area contributed by atoms with Gasteiger partial charge in [0.1, 0.15) is 12.6 Å². The minimum Gasteiger partial charge on any atom is -0.480 e. The molecule has 0 aromatic rings. The first-order valence-corrected chi connectivity index (χ1v) is 3.36. The molecule has 70 valence electrons. The van der Waals surface area contributed by atoms with E-state index < -0.39 is 18.0 Å². The van der Waals surface area contributed by atoms with Gasteiger partial charge >= 0.3 is 11.9 Å². The van der Waals surface area contributed by atoms with E-state index in [4.69, 9.17) is 10.8 Å². The molecular formula is C6H12N2O4. The first-order valence-electron chi connectivity index (χ1n) is 3.36. The first-order chi connectivity index (χ1) is 5.57. The van der Waals surface area contributed by atoms with Crippen molar-refractivity contribution in [3.8, 4) is 0 Å². The highest BCUT2D eigenvalue weighted by molar-refractivity contribution is 5.75. The lowest BCUT2D eigenvalue weighted by Crippen LogP contribution is -2.36. The van der Waals surface area contributed by atoms with Crippen molar-refractivity contribution in [2.45, 2.75) is 6.04 Å². The molecule has 0 aromatic carbocycles. The van der Waals surface area contributed by atoms with Gasteiger partial charge in [0.05, 0.1) is 6.54 Å². The van der Waals surface area contributed by atoms with Crippen molar-refractivity contribution in [1.29, 1.82) is 0 Å². The van der Waals surface area contributed by atoms with Crippen LogP contribution in [0.2, 0.25) is 0 Å². The van der Waals surface area contributed by atoms with E-state index >= 15 is 0 Å². The minimum absolute atomic E-state index is 0.0480. The summed E-state index contributed by atoms with van der Waals surface area (Å²) in [6.45, 7) is -0.248. The second-order valence-electron chi connectivity index (χ2n) is 2.16. The molecule has 0 rings (SSSR count). The molecule has 0 unspecified atom stereocenters. The van der Waals surface area contributed by atoms with E-state index in [1.54, 1.807) is 7.05 Å². The number of aliphatic carboxylic acids is 1. The zero-order valence-electron chi connectivity index (χ0n) is 6.74. The molecule has 0 radical (unpaired) electrons. The third kappa shape index (κ3) is 4.64. The number of rotatable bonds is 5. The fourth-order valence-electron chi connectivity index (χ4n) is 0.449. The second-order valence-corrected chi connectivity index (χ2v) is 2.16. The molecule has 12 heavy (non-hydrogen) atoms. The summed E-state index contributed by atoms with van der Waals surface area (Å²) in [5.74, 6) is -1.71. The number of ether oxygens (including phenoxy) is 1. The smallest absolute Gasteiger partial charge is 0.324 e. The van der Waals surface area contributed by atoms with E-state index in [1.165, 1.54) is 0 Å². The fourth-order valence-corrected chi connectivity index (χ4v) is 0.449. The number of hydrogen-bond donors (Lipinski definition) is 3. The lowest BCUT2D eigenvalue weighted by molar-refractivity contribution is -0.147. The summed E-state index contributed by atoms with van der Waals surface area (Å²) < 4.78 is 4.50. The third-order valence-electron chi connectivity index (χ3n) is 1.06. The SMILES string of the molecule is CNCC(=O)OC[C@@H](N)C(=O)O. The first kappa shape index (κ1) is 10.9. The van der Waals surface area contributed by atoms with Gasteiger partial charge < -0.3 is 20.9 Å². The van der Waals surface area contributed by atoms with Crippen LogP contribution >= 0.6 is 0 Å². The lowest BCUT2D eigenvalue weighted by atomic mass is 10.3. The summed E-state index contributed by atoms with van der Waals surface area (Å²) in [6.07, 6.45) is 0. The highest BCUT2D eigenvalue weighted by atomic mass is 16.5. The van der Waals surface area contributed by atoms with Crippen LogP contribution in [0.1, 0.15) is 0 Å². The van der Waals surface area contributed by atoms with Gasteiger partial charge in [-0.1, -0.05) is 0 Å². The summed E-state index contributed by atoms with van der Waals surface area (Å²) in [5.41, 5.74) is 5.06. The number of hydrogen-bond acceptors (Lipinski definition) is 5. The van der Waals surface area contributed by atoms with E-state index in [2.05, 4.69) is 10.1 Å². The summed E-state index contributed by atoms with van der Waals surface area (Å²) >= 11 is 0. The molecule has 0 saturated heterocycles. The number of carboxylic acids is 1. The Morgan fingerprint density at radius 1 is 1.67 bits per heavy atom. The van der Waals surface area contributed by atoms with Gasteiger partial charge in [-0.25, -0.2) is 0 Å². The number of likely N-dealkylation sites (N-methyl/N-ethyl adjacent to an activating group) is 1. The van der Waals surface area contributed by atoms with Crippen LogP contribution in [0.5, 0.6) is 0 Å². The van der Waals surface area contributed by atoms with Gasteiger partial charge in [0.25, 0.3) is 0 Å². The normalized spacial score (nSPS) is 12.2. The monoisotopic (exact) mass is 176 g/mol. The Kier molecular flexibility index (Phi) is 4.98. The fraction of sp³-hybridized carbons (Fsp3) is 0.667. The number of carbonyl (C=O) groups excluding carboxylic acids is 1. The predicted molar refractivity (Wildman–Crippen MR) is 40.5 cm³/mol. The molecule has 0 aliphatic carbocycles. The average Bonchev–Trinajstić information content (AvgIpc) is 2.00. The zero-order chi connectivity index (χ0) is 9.56. The van der Waals surface area contributed by atoms with Crippen molar-refractivity contribution >= 4 is 11.9 Å². The Morgan fingerprint density at radius 3 is 2.67 bits per heavy atom. The Hall–Kier alpha value is -1.14. The van der Waals surface area contributed by atoms with Gasteiger partial charge in [0.15, 0.2) is 0 Å². The third-order valence-corrected chi connectivity index (χ3v) is 1.06. The van der Waals surface area contributed by atoms with Gasteiger partial charge in [-0.15, -0.1) is 0 Å². The Morgan fingerprint density at radius 2 is 2.25 bits per heavy atom. The number of nitrogens with one attached hydrogen (secondary N) is 1. The average molecular weight is 176 g/mol. The van der Waals surface area contributed by atoms with Crippen molar-refractivity contribution in [2.75, 3.05) is 20.2 Å². The molecule has 6 heteroatoms. The van der Waals surface area contributed by atoms with Crippen LogP contribution < -0.4 is 11.1 Å². The number of esters is 1. The Bertz CT molecular complexity index is 171. The van der Waals surface area contributed by atoms with Crippen LogP contribution in [-0.4, -0.2) is 43.3 Å². The zero-order valence-corrected chi connectivity index (χ0v) is 6.74. The highest BCUT2D eigenvalue weighted by Gasteiger charge is 2.13. The van der Waals surface area contributed by atoms with Crippen LogP contribution in [0.25, 0.3) is 0 Å².